The van der Waals surface area contributed by atoms with E-state index < -0.39 is 0 Å². The average Bonchev–Trinajstić information content (AvgIpc) is 2.68. The number of cyclic esters (lactones) is 1. The molecule has 1 aromatic carbocycles. The van der Waals surface area contributed by atoms with E-state index in [-0.39, 0.29) is 29.8 Å². The number of rotatable bonds is 5. The summed E-state index contributed by atoms with van der Waals surface area (Å²) in [6, 6.07) is 10.1. The van der Waals surface area contributed by atoms with Gasteiger partial charge in [-0.15, -0.1) is 0 Å². The normalized spacial score (nSPS) is 28.2. The first-order valence-corrected chi connectivity index (χ1v) is 6.91. The Morgan fingerprint density at radius 2 is 1.95 bits per heavy atom. The molecule has 0 aliphatic carbocycles. The zero-order chi connectivity index (χ0) is 13.8. The molecule has 2 rings (SSSR count). The molecule has 104 valence electrons. The Kier molecular flexibility index (Phi) is 4.59. The van der Waals surface area contributed by atoms with Gasteiger partial charge in [-0.25, -0.2) is 0 Å². The molecule has 3 nitrogen and oxygen atoms in total. The number of hydrogen-bond acceptors (Lipinski definition) is 3. The van der Waals surface area contributed by atoms with Gasteiger partial charge in [0.15, 0.2) is 0 Å². The minimum atomic E-state index is -0.0765. The lowest BCUT2D eigenvalue weighted by Crippen LogP contribution is -2.27. The van der Waals surface area contributed by atoms with Crippen LogP contribution >= 0.6 is 0 Å². The second-order valence-electron chi connectivity index (χ2n) is 5.53. The van der Waals surface area contributed by atoms with Crippen LogP contribution in [-0.2, 0) is 20.9 Å². The van der Waals surface area contributed by atoms with Gasteiger partial charge in [0.2, 0.25) is 0 Å². The van der Waals surface area contributed by atoms with Crippen molar-refractivity contribution in [3.8, 4) is 0 Å². The zero-order valence-corrected chi connectivity index (χ0v) is 11.8. The van der Waals surface area contributed by atoms with E-state index in [1.54, 1.807) is 0 Å². The van der Waals surface area contributed by atoms with E-state index in [0.29, 0.717) is 13.2 Å². The minimum Gasteiger partial charge on any atom is -0.461 e. The maximum atomic E-state index is 11.5. The summed E-state index contributed by atoms with van der Waals surface area (Å²) >= 11 is 0. The van der Waals surface area contributed by atoms with Crippen LogP contribution in [0.4, 0.5) is 0 Å². The summed E-state index contributed by atoms with van der Waals surface area (Å²) in [6.07, 6.45) is -0.0155. The van der Waals surface area contributed by atoms with Gasteiger partial charge in [0.25, 0.3) is 0 Å². The Bertz CT molecular complexity index is 415. The van der Waals surface area contributed by atoms with Crippen molar-refractivity contribution >= 4 is 5.97 Å². The van der Waals surface area contributed by atoms with Crippen LogP contribution in [0.1, 0.15) is 26.3 Å². The van der Waals surface area contributed by atoms with Crippen molar-refractivity contribution in [2.45, 2.75) is 33.5 Å². The lowest BCUT2D eigenvalue weighted by atomic mass is 9.88. The zero-order valence-electron chi connectivity index (χ0n) is 11.8. The van der Waals surface area contributed by atoms with E-state index >= 15 is 0 Å². The van der Waals surface area contributed by atoms with Gasteiger partial charge in [0.1, 0.15) is 6.10 Å². The highest BCUT2D eigenvalue weighted by Gasteiger charge is 2.41. The Morgan fingerprint density at radius 3 is 2.53 bits per heavy atom. The van der Waals surface area contributed by atoms with Gasteiger partial charge in [-0.2, -0.15) is 0 Å². The highest BCUT2D eigenvalue weighted by atomic mass is 16.6. The van der Waals surface area contributed by atoms with Crippen molar-refractivity contribution < 1.29 is 14.3 Å². The second kappa shape index (κ2) is 6.20. The van der Waals surface area contributed by atoms with E-state index in [1.165, 1.54) is 5.56 Å². The minimum absolute atomic E-state index is 0.00146. The number of carbonyl (C=O) groups excluding carboxylic acids is 1. The predicted molar refractivity (Wildman–Crippen MR) is 73.5 cm³/mol. The molecule has 0 unspecified atom stereocenters. The van der Waals surface area contributed by atoms with E-state index in [9.17, 15) is 4.79 Å². The fraction of sp³-hybridized carbons (Fsp3) is 0.562. The summed E-state index contributed by atoms with van der Waals surface area (Å²) in [5.74, 6) is 0.421. The average molecular weight is 262 g/mol. The fourth-order valence-electron chi connectivity index (χ4n) is 2.51. The first kappa shape index (κ1) is 14.1. The third-order valence-corrected chi connectivity index (χ3v) is 3.98. The van der Waals surface area contributed by atoms with Crippen LogP contribution in [0.5, 0.6) is 0 Å². The molecule has 0 spiro atoms. The lowest BCUT2D eigenvalue weighted by molar-refractivity contribution is -0.146. The number of ether oxygens (including phenoxy) is 2. The quantitative estimate of drug-likeness (QED) is 0.765. The van der Waals surface area contributed by atoms with Crippen LogP contribution in [0.25, 0.3) is 0 Å². The van der Waals surface area contributed by atoms with Crippen molar-refractivity contribution in [2.24, 2.45) is 17.8 Å². The molecule has 0 saturated carbocycles. The number of hydrogen-bond donors (Lipinski definition) is 0. The van der Waals surface area contributed by atoms with E-state index in [1.807, 2.05) is 37.3 Å². The third kappa shape index (κ3) is 3.35. The number of esters is 1. The summed E-state index contributed by atoms with van der Waals surface area (Å²) < 4.78 is 11.2. The van der Waals surface area contributed by atoms with Crippen molar-refractivity contribution in [1.29, 1.82) is 0 Å². The molecular formula is C16H22O3. The van der Waals surface area contributed by atoms with Gasteiger partial charge in [-0.1, -0.05) is 51.1 Å². The standard InChI is InChI=1S/C16H22O3/c1-11(15-12(2)13(3)16(17)19-15)9-18-10-14-7-5-4-6-8-14/h4-8,11-13,15H,9-10H2,1-3H3/t11-,12+,13-,15-/m1/s1. The summed E-state index contributed by atoms with van der Waals surface area (Å²) in [5, 5.41) is 0. The molecular weight excluding hydrogens is 240 g/mol. The van der Waals surface area contributed by atoms with Crippen LogP contribution in [0, 0.1) is 17.8 Å². The third-order valence-electron chi connectivity index (χ3n) is 3.98. The molecule has 1 aromatic rings. The molecule has 1 heterocycles. The van der Waals surface area contributed by atoms with E-state index in [2.05, 4.69) is 13.8 Å². The SMILES string of the molecule is C[C@@H]1[C@@H]([C@H](C)COCc2ccccc2)OC(=O)[C@@H]1C. The van der Waals surface area contributed by atoms with Crippen molar-refractivity contribution in [2.75, 3.05) is 6.61 Å². The molecule has 0 radical (unpaired) electrons. The predicted octanol–water partition coefficient (Wildman–Crippen LogP) is 3.04. The van der Waals surface area contributed by atoms with Crippen molar-refractivity contribution in [3.63, 3.8) is 0 Å². The van der Waals surface area contributed by atoms with E-state index in [4.69, 9.17) is 9.47 Å². The largest absolute Gasteiger partial charge is 0.461 e. The first-order chi connectivity index (χ1) is 9.09. The maximum absolute atomic E-state index is 11.5. The summed E-state index contributed by atoms with van der Waals surface area (Å²) in [6.45, 7) is 7.32. The highest BCUT2D eigenvalue weighted by molar-refractivity contribution is 5.74. The summed E-state index contributed by atoms with van der Waals surface area (Å²) in [5.41, 5.74) is 1.17. The summed E-state index contributed by atoms with van der Waals surface area (Å²) in [7, 11) is 0. The molecule has 4 atom stereocenters. The van der Waals surface area contributed by atoms with Crippen LogP contribution in [0.3, 0.4) is 0 Å². The summed E-state index contributed by atoms with van der Waals surface area (Å²) in [4.78, 5) is 11.5. The van der Waals surface area contributed by atoms with Crippen LogP contribution in [-0.4, -0.2) is 18.7 Å². The monoisotopic (exact) mass is 262 g/mol. The Balaban J connectivity index is 1.79. The molecule has 1 aliphatic heterocycles. The molecule has 1 fully saturated rings. The van der Waals surface area contributed by atoms with Gasteiger partial charge in [-0.3, -0.25) is 4.79 Å². The molecule has 3 heteroatoms. The second-order valence-corrected chi connectivity index (χ2v) is 5.53. The number of benzene rings is 1. The van der Waals surface area contributed by atoms with Gasteiger partial charge in [-0.05, 0) is 5.56 Å². The highest BCUT2D eigenvalue weighted by Crippen LogP contribution is 2.32. The smallest absolute Gasteiger partial charge is 0.309 e. The van der Waals surface area contributed by atoms with Crippen molar-refractivity contribution in [3.05, 3.63) is 35.9 Å². The van der Waals surface area contributed by atoms with Gasteiger partial charge in [0, 0.05) is 11.8 Å². The van der Waals surface area contributed by atoms with Gasteiger partial charge >= 0.3 is 5.97 Å². The van der Waals surface area contributed by atoms with Crippen LogP contribution < -0.4 is 0 Å². The molecule has 19 heavy (non-hydrogen) atoms. The van der Waals surface area contributed by atoms with Gasteiger partial charge < -0.3 is 9.47 Å². The molecule has 0 N–H and O–H groups in total. The Hall–Kier alpha value is -1.35. The Morgan fingerprint density at radius 1 is 1.26 bits per heavy atom. The molecule has 1 saturated heterocycles. The number of carbonyl (C=O) groups is 1. The molecule has 0 bridgehead atoms. The molecule has 0 amide bonds. The lowest BCUT2D eigenvalue weighted by Gasteiger charge is -2.22. The first-order valence-electron chi connectivity index (χ1n) is 6.91. The van der Waals surface area contributed by atoms with E-state index in [0.717, 1.165) is 0 Å². The topological polar surface area (TPSA) is 35.5 Å². The van der Waals surface area contributed by atoms with Crippen LogP contribution in [0.15, 0.2) is 30.3 Å². The van der Waals surface area contributed by atoms with Crippen molar-refractivity contribution in [1.82, 2.24) is 0 Å². The fourth-order valence-corrected chi connectivity index (χ4v) is 2.51. The van der Waals surface area contributed by atoms with Crippen LogP contribution in [0.2, 0.25) is 0 Å². The molecule has 1 aliphatic rings. The Labute approximate surface area is 114 Å². The molecule has 0 aromatic heterocycles. The van der Waals surface area contributed by atoms with Gasteiger partial charge in [0.05, 0.1) is 19.1 Å². The maximum Gasteiger partial charge on any atom is 0.309 e.